The number of halogens is 2. The summed E-state index contributed by atoms with van der Waals surface area (Å²) in [4.78, 5) is 7.97. The zero-order valence-corrected chi connectivity index (χ0v) is 13.3. The summed E-state index contributed by atoms with van der Waals surface area (Å²) >= 11 is 12.0. The standard InChI is InChI=1S/C15H12Cl2N4O2/c16-10-1-3-11(4-2-10)23-14-6-5-12(15(17)20-14)13(22)7-21-9-18-8-19-21/h1-6,8-9,13,22H,7H2. The van der Waals surface area contributed by atoms with Crippen molar-refractivity contribution in [3.05, 3.63) is 64.8 Å². The molecule has 6 nitrogen and oxygen atoms in total. The number of aliphatic hydroxyl groups excluding tert-OH is 1. The van der Waals surface area contributed by atoms with E-state index in [1.165, 1.54) is 17.3 Å². The van der Waals surface area contributed by atoms with E-state index in [9.17, 15) is 5.11 Å². The van der Waals surface area contributed by atoms with E-state index in [1.54, 1.807) is 36.4 Å². The molecule has 0 aliphatic carbocycles. The Kier molecular flexibility index (Phi) is 4.76. The number of ether oxygens (including phenoxy) is 1. The molecule has 3 rings (SSSR count). The molecule has 23 heavy (non-hydrogen) atoms. The maximum atomic E-state index is 10.2. The minimum absolute atomic E-state index is 0.170. The van der Waals surface area contributed by atoms with Gasteiger partial charge in [-0.3, -0.25) is 4.68 Å². The summed E-state index contributed by atoms with van der Waals surface area (Å²) in [5, 5.41) is 14.9. The van der Waals surface area contributed by atoms with E-state index in [2.05, 4.69) is 15.1 Å². The maximum Gasteiger partial charge on any atom is 0.220 e. The Morgan fingerprint density at radius 1 is 1.13 bits per heavy atom. The number of hydrogen-bond acceptors (Lipinski definition) is 5. The lowest BCUT2D eigenvalue weighted by atomic mass is 10.1. The Hall–Kier alpha value is -2.15. The molecule has 1 N–H and O–H groups in total. The zero-order chi connectivity index (χ0) is 16.2. The Labute approximate surface area is 142 Å². The average Bonchev–Trinajstić information content (AvgIpc) is 3.02. The van der Waals surface area contributed by atoms with Crippen LogP contribution in [0, 0.1) is 0 Å². The predicted octanol–water partition coefficient (Wildman–Crippen LogP) is 3.51. The number of aliphatic hydroxyl groups is 1. The van der Waals surface area contributed by atoms with Gasteiger partial charge in [0.2, 0.25) is 5.88 Å². The highest BCUT2D eigenvalue weighted by molar-refractivity contribution is 6.30. The lowest BCUT2D eigenvalue weighted by Crippen LogP contribution is -2.10. The van der Waals surface area contributed by atoms with Gasteiger partial charge in [0.1, 0.15) is 29.7 Å². The first-order chi connectivity index (χ1) is 11.1. The number of nitrogens with zero attached hydrogens (tertiary/aromatic N) is 4. The monoisotopic (exact) mass is 350 g/mol. The molecule has 0 saturated heterocycles. The van der Waals surface area contributed by atoms with E-state index < -0.39 is 6.10 Å². The number of aromatic nitrogens is 4. The van der Waals surface area contributed by atoms with Crippen LogP contribution in [0.5, 0.6) is 11.6 Å². The molecule has 0 saturated carbocycles. The topological polar surface area (TPSA) is 73.1 Å². The molecule has 1 aromatic carbocycles. The molecular weight excluding hydrogens is 339 g/mol. The predicted molar refractivity (Wildman–Crippen MR) is 85.8 cm³/mol. The minimum Gasteiger partial charge on any atom is -0.439 e. The smallest absolute Gasteiger partial charge is 0.220 e. The third kappa shape index (κ3) is 3.98. The third-order valence-electron chi connectivity index (χ3n) is 3.07. The Bertz CT molecular complexity index is 779. The molecule has 0 spiro atoms. The van der Waals surface area contributed by atoms with Gasteiger partial charge >= 0.3 is 0 Å². The molecule has 2 heterocycles. The molecule has 118 valence electrons. The summed E-state index contributed by atoms with van der Waals surface area (Å²) in [6.07, 6.45) is 2.07. The van der Waals surface area contributed by atoms with Crippen molar-refractivity contribution in [2.45, 2.75) is 12.6 Å². The first-order valence-electron chi connectivity index (χ1n) is 6.72. The molecule has 3 aromatic rings. The lowest BCUT2D eigenvalue weighted by Gasteiger charge is -2.13. The van der Waals surface area contributed by atoms with Gasteiger partial charge in [-0.05, 0) is 30.3 Å². The Balaban J connectivity index is 1.73. The van der Waals surface area contributed by atoms with Gasteiger partial charge in [-0.15, -0.1) is 0 Å². The quantitative estimate of drug-likeness (QED) is 0.712. The van der Waals surface area contributed by atoms with Crippen molar-refractivity contribution in [2.24, 2.45) is 0 Å². The maximum absolute atomic E-state index is 10.2. The first-order valence-corrected chi connectivity index (χ1v) is 7.48. The third-order valence-corrected chi connectivity index (χ3v) is 3.63. The van der Waals surface area contributed by atoms with Crippen molar-refractivity contribution in [3.8, 4) is 11.6 Å². The zero-order valence-electron chi connectivity index (χ0n) is 11.8. The van der Waals surface area contributed by atoms with Crippen molar-refractivity contribution in [3.63, 3.8) is 0 Å². The SMILES string of the molecule is OC(Cn1cncn1)c1ccc(Oc2ccc(Cl)cc2)nc1Cl. The van der Waals surface area contributed by atoms with E-state index in [0.717, 1.165) is 0 Å². The second kappa shape index (κ2) is 6.95. The van der Waals surface area contributed by atoms with Gasteiger partial charge in [-0.1, -0.05) is 23.2 Å². The highest BCUT2D eigenvalue weighted by Crippen LogP contribution is 2.27. The van der Waals surface area contributed by atoms with Gasteiger partial charge in [0, 0.05) is 16.7 Å². The fraction of sp³-hybridized carbons (Fsp3) is 0.133. The lowest BCUT2D eigenvalue weighted by molar-refractivity contribution is 0.151. The van der Waals surface area contributed by atoms with Crippen molar-refractivity contribution in [1.29, 1.82) is 0 Å². The Morgan fingerprint density at radius 2 is 1.91 bits per heavy atom. The average molecular weight is 351 g/mol. The summed E-state index contributed by atoms with van der Waals surface area (Å²) in [6.45, 7) is 0.235. The molecule has 1 unspecified atom stereocenters. The molecule has 0 bridgehead atoms. The van der Waals surface area contributed by atoms with Crippen molar-refractivity contribution < 1.29 is 9.84 Å². The highest BCUT2D eigenvalue weighted by atomic mass is 35.5. The van der Waals surface area contributed by atoms with Crippen LogP contribution in [0.15, 0.2) is 49.1 Å². The van der Waals surface area contributed by atoms with Crippen LogP contribution in [0.25, 0.3) is 0 Å². The largest absolute Gasteiger partial charge is 0.439 e. The number of hydrogen-bond donors (Lipinski definition) is 1. The van der Waals surface area contributed by atoms with Crippen molar-refractivity contribution in [1.82, 2.24) is 19.7 Å². The van der Waals surface area contributed by atoms with Gasteiger partial charge in [-0.25, -0.2) is 9.97 Å². The number of pyridine rings is 1. The van der Waals surface area contributed by atoms with Crippen LogP contribution in [0.4, 0.5) is 0 Å². The normalized spacial score (nSPS) is 12.1. The van der Waals surface area contributed by atoms with Crippen LogP contribution in [0.3, 0.4) is 0 Å². The van der Waals surface area contributed by atoms with Gasteiger partial charge in [-0.2, -0.15) is 5.10 Å². The molecule has 0 radical (unpaired) electrons. The van der Waals surface area contributed by atoms with Crippen molar-refractivity contribution >= 4 is 23.2 Å². The molecule has 0 aliphatic rings. The summed E-state index contributed by atoms with van der Waals surface area (Å²) in [7, 11) is 0. The summed E-state index contributed by atoms with van der Waals surface area (Å²) in [5.74, 6) is 0.919. The second-order valence-electron chi connectivity index (χ2n) is 4.72. The number of rotatable bonds is 5. The molecule has 0 amide bonds. The van der Waals surface area contributed by atoms with E-state index >= 15 is 0 Å². The van der Waals surface area contributed by atoms with Gasteiger partial charge in [0.05, 0.1) is 6.54 Å². The highest BCUT2D eigenvalue weighted by Gasteiger charge is 2.15. The fourth-order valence-electron chi connectivity index (χ4n) is 1.96. The van der Waals surface area contributed by atoms with E-state index in [1.807, 2.05) is 0 Å². The molecular formula is C15H12Cl2N4O2. The fourth-order valence-corrected chi connectivity index (χ4v) is 2.36. The molecule has 8 heteroatoms. The van der Waals surface area contributed by atoms with E-state index in [-0.39, 0.29) is 11.7 Å². The van der Waals surface area contributed by atoms with Crippen LogP contribution in [-0.2, 0) is 6.54 Å². The van der Waals surface area contributed by atoms with Crippen LogP contribution in [0.1, 0.15) is 11.7 Å². The molecule has 1 atom stereocenters. The minimum atomic E-state index is -0.846. The molecule has 0 fully saturated rings. The van der Waals surface area contributed by atoms with Crippen LogP contribution in [-0.4, -0.2) is 24.9 Å². The summed E-state index contributed by atoms with van der Waals surface area (Å²) in [5.41, 5.74) is 0.491. The van der Waals surface area contributed by atoms with Gasteiger partial charge < -0.3 is 9.84 Å². The van der Waals surface area contributed by atoms with E-state index in [4.69, 9.17) is 27.9 Å². The van der Waals surface area contributed by atoms with Gasteiger partial charge in [0.25, 0.3) is 0 Å². The van der Waals surface area contributed by atoms with Crippen LogP contribution >= 0.6 is 23.2 Å². The Morgan fingerprint density at radius 3 is 2.57 bits per heavy atom. The first kappa shape index (κ1) is 15.7. The summed E-state index contributed by atoms with van der Waals surface area (Å²) < 4.78 is 7.10. The van der Waals surface area contributed by atoms with Gasteiger partial charge in [0.15, 0.2) is 0 Å². The molecule has 2 aromatic heterocycles. The number of benzene rings is 1. The molecule has 0 aliphatic heterocycles. The summed E-state index contributed by atoms with van der Waals surface area (Å²) in [6, 6.07) is 10.2. The van der Waals surface area contributed by atoms with Crippen LogP contribution in [0.2, 0.25) is 10.2 Å². The van der Waals surface area contributed by atoms with Crippen LogP contribution < -0.4 is 4.74 Å². The van der Waals surface area contributed by atoms with E-state index in [0.29, 0.717) is 22.2 Å². The second-order valence-corrected chi connectivity index (χ2v) is 5.51. The van der Waals surface area contributed by atoms with Crippen molar-refractivity contribution in [2.75, 3.05) is 0 Å².